The molecule has 3 rings (SSSR count). The minimum absolute atomic E-state index is 0.261. The SMILES string of the molecule is Cc1cc(C(=O)CN2CCOCC2)c(C)n1C1CCCCC1. The second-order valence-electron chi connectivity index (χ2n) is 6.76. The summed E-state index contributed by atoms with van der Waals surface area (Å²) in [5.41, 5.74) is 3.34. The lowest BCUT2D eigenvalue weighted by Crippen LogP contribution is -2.39. The first-order valence-electron chi connectivity index (χ1n) is 8.68. The van der Waals surface area contributed by atoms with Gasteiger partial charge in [-0.25, -0.2) is 0 Å². The number of nitrogens with zero attached hydrogens (tertiary/aromatic N) is 2. The highest BCUT2D eigenvalue weighted by Crippen LogP contribution is 2.32. The van der Waals surface area contributed by atoms with Crippen molar-refractivity contribution in [1.29, 1.82) is 0 Å². The number of Topliss-reactive ketones (excluding diaryl/α,β-unsaturated/α-hetero) is 1. The fourth-order valence-electron chi connectivity index (χ4n) is 4.01. The van der Waals surface area contributed by atoms with Gasteiger partial charge in [0, 0.05) is 36.1 Å². The van der Waals surface area contributed by atoms with E-state index in [4.69, 9.17) is 4.74 Å². The Hall–Kier alpha value is -1.13. The van der Waals surface area contributed by atoms with Crippen LogP contribution in [0.25, 0.3) is 0 Å². The maximum atomic E-state index is 12.7. The van der Waals surface area contributed by atoms with E-state index in [2.05, 4.69) is 29.4 Å². The lowest BCUT2D eigenvalue weighted by molar-refractivity contribution is 0.0371. The first-order valence-corrected chi connectivity index (χ1v) is 8.68. The van der Waals surface area contributed by atoms with Gasteiger partial charge in [-0.3, -0.25) is 9.69 Å². The molecule has 4 nitrogen and oxygen atoms in total. The molecule has 1 aliphatic carbocycles. The van der Waals surface area contributed by atoms with Crippen molar-refractivity contribution in [2.75, 3.05) is 32.8 Å². The molecule has 2 fully saturated rings. The van der Waals surface area contributed by atoms with E-state index in [9.17, 15) is 4.79 Å². The van der Waals surface area contributed by atoms with Crippen LogP contribution in [-0.2, 0) is 4.74 Å². The fraction of sp³-hybridized carbons (Fsp3) is 0.722. The monoisotopic (exact) mass is 304 g/mol. The van der Waals surface area contributed by atoms with E-state index >= 15 is 0 Å². The second kappa shape index (κ2) is 6.97. The number of aryl methyl sites for hydroxylation is 1. The molecule has 1 aromatic heterocycles. The summed E-state index contributed by atoms with van der Waals surface area (Å²) in [6.45, 7) is 8.02. The van der Waals surface area contributed by atoms with E-state index in [1.54, 1.807) is 0 Å². The van der Waals surface area contributed by atoms with Crippen LogP contribution in [0.2, 0.25) is 0 Å². The van der Waals surface area contributed by atoms with Crippen molar-refractivity contribution in [3.63, 3.8) is 0 Å². The molecule has 2 aliphatic rings. The molecule has 22 heavy (non-hydrogen) atoms. The van der Waals surface area contributed by atoms with Gasteiger partial charge in [0.2, 0.25) is 0 Å². The van der Waals surface area contributed by atoms with Gasteiger partial charge in [-0.1, -0.05) is 19.3 Å². The third-order valence-electron chi connectivity index (χ3n) is 5.20. The second-order valence-corrected chi connectivity index (χ2v) is 6.76. The number of morpholine rings is 1. The van der Waals surface area contributed by atoms with Crippen LogP contribution in [0.1, 0.15) is 59.9 Å². The minimum atomic E-state index is 0.261. The highest BCUT2D eigenvalue weighted by Gasteiger charge is 2.23. The van der Waals surface area contributed by atoms with Crippen LogP contribution in [0.3, 0.4) is 0 Å². The zero-order valence-electron chi connectivity index (χ0n) is 13.9. The number of ether oxygens (including phenoxy) is 1. The predicted octanol–water partition coefficient (Wildman–Crippen LogP) is 3.13. The Labute approximate surface area is 133 Å². The Morgan fingerprint density at radius 3 is 2.55 bits per heavy atom. The molecule has 0 aromatic carbocycles. The molecule has 1 saturated heterocycles. The summed E-state index contributed by atoms with van der Waals surface area (Å²) < 4.78 is 7.78. The van der Waals surface area contributed by atoms with Crippen molar-refractivity contribution < 1.29 is 9.53 Å². The van der Waals surface area contributed by atoms with E-state index in [0.29, 0.717) is 12.6 Å². The van der Waals surface area contributed by atoms with E-state index in [1.165, 1.54) is 43.5 Å². The number of ketones is 1. The smallest absolute Gasteiger partial charge is 0.178 e. The minimum Gasteiger partial charge on any atom is -0.379 e. The maximum Gasteiger partial charge on any atom is 0.178 e. The zero-order chi connectivity index (χ0) is 15.5. The molecular formula is C18H28N2O2. The summed E-state index contributed by atoms with van der Waals surface area (Å²) in [6.07, 6.45) is 6.51. The number of carbonyl (C=O) groups excluding carboxylic acids is 1. The van der Waals surface area contributed by atoms with Crippen LogP contribution in [0, 0.1) is 13.8 Å². The zero-order valence-corrected chi connectivity index (χ0v) is 13.9. The van der Waals surface area contributed by atoms with E-state index in [1.807, 2.05) is 0 Å². The molecule has 1 saturated carbocycles. The average Bonchev–Trinajstić information content (AvgIpc) is 2.84. The van der Waals surface area contributed by atoms with Crippen LogP contribution in [-0.4, -0.2) is 48.1 Å². The summed E-state index contributed by atoms with van der Waals surface area (Å²) in [5, 5.41) is 0. The number of aromatic nitrogens is 1. The van der Waals surface area contributed by atoms with E-state index in [0.717, 1.165) is 31.9 Å². The van der Waals surface area contributed by atoms with Crippen LogP contribution in [0.15, 0.2) is 6.07 Å². The van der Waals surface area contributed by atoms with Gasteiger partial charge in [0.05, 0.1) is 19.8 Å². The summed E-state index contributed by atoms with van der Waals surface area (Å²) in [7, 11) is 0. The van der Waals surface area contributed by atoms with Crippen molar-refractivity contribution in [1.82, 2.24) is 9.47 Å². The van der Waals surface area contributed by atoms with Gasteiger partial charge in [-0.2, -0.15) is 0 Å². The van der Waals surface area contributed by atoms with Crippen molar-refractivity contribution in [2.24, 2.45) is 0 Å². The Kier molecular flexibility index (Phi) is 4.99. The highest BCUT2D eigenvalue weighted by atomic mass is 16.5. The first-order chi connectivity index (χ1) is 10.7. The molecule has 122 valence electrons. The van der Waals surface area contributed by atoms with Gasteiger partial charge in [0.15, 0.2) is 5.78 Å². The van der Waals surface area contributed by atoms with Gasteiger partial charge in [-0.05, 0) is 32.8 Å². The molecule has 0 spiro atoms. The highest BCUT2D eigenvalue weighted by molar-refractivity contribution is 5.99. The van der Waals surface area contributed by atoms with Gasteiger partial charge in [0.25, 0.3) is 0 Å². The Morgan fingerprint density at radius 1 is 1.18 bits per heavy atom. The van der Waals surface area contributed by atoms with Crippen LogP contribution < -0.4 is 0 Å². The number of hydrogen-bond acceptors (Lipinski definition) is 3. The molecule has 0 unspecified atom stereocenters. The fourth-order valence-corrected chi connectivity index (χ4v) is 4.01. The molecule has 2 heterocycles. The summed E-state index contributed by atoms with van der Waals surface area (Å²) >= 11 is 0. The molecule has 1 aromatic rings. The molecule has 0 amide bonds. The largest absolute Gasteiger partial charge is 0.379 e. The van der Waals surface area contributed by atoms with Gasteiger partial charge in [-0.15, -0.1) is 0 Å². The van der Waals surface area contributed by atoms with Crippen LogP contribution in [0.4, 0.5) is 0 Å². The van der Waals surface area contributed by atoms with Crippen molar-refractivity contribution in [3.05, 3.63) is 23.0 Å². The average molecular weight is 304 g/mol. The van der Waals surface area contributed by atoms with E-state index in [-0.39, 0.29) is 5.78 Å². The molecule has 0 radical (unpaired) electrons. The summed E-state index contributed by atoms with van der Waals surface area (Å²) in [6, 6.07) is 2.70. The quantitative estimate of drug-likeness (QED) is 0.802. The summed E-state index contributed by atoms with van der Waals surface area (Å²) in [4.78, 5) is 14.9. The molecule has 4 heteroatoms. The lowest BCUT2D eigenvalue weighted by atomic mass is 9.95. The lowest BCUT2D eigenvalue weighted by Gasteiger charge is -2.27. The number of hydrogen-bond donors (Lipinski definition) is 0. The Bertz CT molecular complexity index is 523. The third-order valence-corrected chi connectivity index (χ3v) is 5.20. The van der Waals surface area contributed by atoms with Gasteiger partial charge >= 0.3 is 0 Å². The van der Waals surface area contributed by atoms with Crippen molar-refractivity contribution >= 4 is 5.78 Å². The van der Waals surface area contributed by atoms with Crippen LogP contribution >= 0.6 is 0 Å². The van der Waals surface area contributed by atoms with Gasteiger partial charge < -0.3 is 9.30 Å². The number of carbonyl (C=O) groups is 1. The molecule has 0 bridgehead atoms. The standard InChI is InChI=1S/C18H28N2O2/c1-14-12-17(18(21)13-19-8-10-22-11-9-19)15(2)20(14)16-6-4-3-5-7-16/h12,16H,3-11,13H2,1-2H3. The van der Waals surface area contributed by atoms with Crippen molar-refractivity contribution in [2.45, 2.75) is 52.0 Å². The Morgan fingerprint density at radius 2 is 1.86 bits per heavy atom. The summed E-state index contributed by atoms with van der Waals surface area (Å²) in [5.74, 6) is 0.261. The third kappa shape index (κ3) is 3.28. The maximum absolute atomic E-state index is 12.7. The Balaban J connectivity index is 1.74. The van der Waals surface area contributed by atoms with Crippen molar-refractivity contribution in [3.8, 4) is 0 Å². The normalized spacial score (nSPS) is 21.2. The number of rotatable bonds is 4. The molecule has 1 aliphatic heterocycles. The predicted molar refractivity (Wildman–Crippen MR) is 87.6 cm³/mol. The molecule has 0 atom stereocenters. The molecule has 0 N–H and O–H groups in total. The topological polar surface area (TPSA) is 34.5 Å². The van der Waals surface area contributed by atoms with E-state index < -0.39 is 0 Å². The molecular weight excluding hydrogens is 276 g/mol. The first kappa shape index (κ1) is 15.8. The van der Waals surface area contributed by atoms with Gasteiger partial charge in [0.1, 0.15) is 0 Å². The van der Waals surface area contributed by atoms with Crippen LogP contribution in [0.5, 0.6) is 0 Å².